The van der Waals surface area contributed by atoms with Crippen LogP contribution in [-0.2, 0) is 0 Å². The Morgan fingerprint density at radius 3 is 2.88 bits per heavy atom. The Labute approximate surface area is 101 Å². The Balaban J connectivity index is 2.86. The van der Waals surface area contributed by atoms with Gasteiger partial charge in [0.25, 0.3) is 5.91 Å². The summed E-state index contributed by atoms with van der Waals surface area (Å²) in [6, 6.07) is 3.75. The van der Waals surface area contributed by atoms with Crippen LogP contribution in [0.2, 0.25) is 0 Å². The van der Waals surface area contributed by atoms with Crippen molar-refractivity contribution in [2.24, 2.45) is 5.92 Å². The van der Waals surface area contributed by atoms with Crippen molar-refractivity contribution in [3.05, 3.63) is 23.5 Å². The summed E-state index contributed by atoms with van der Waals surface area (Å²) in [7, 11) is 1.65. The van der Waals surface area contributed by atoms with E-state index in [9.17, 15) is 4.79 Å². The lowest BCUT2D eigenvalue weighted by molar-refractivity contribution is 0.0785. The Kier molecular flexibility index (Phi) is 4.05. The van der Waals surface area contributed by atoms with Gasteiger partial charge in [0, 0.05) is 31.2 Å². The number of carbonyl (C=O) groups excluding carboxylic acids is 1. The van der Waals surface area contributed by atoms with Crippen LogP contribution in [0.15, 0.2) is 12.3 Å². The SMILES string of the molecule is Cc1cc(N)c(C(=O)N(C)CC(C)C#N)cn1. The number of nitrogens with two attached hydrogens (primary N) is 1. The van der Waals surface area contributed by atoms with Gasteiger partial charge >= 0.3 is 0 Å². The summed E-state index contributed by atoms with van der Waals surface area (Å²) in [6.07, 6.45) is 1.47. The summed E-state index contributed by atoms with van der Waals surface area (Å²) < 4.78 is 0. The molecule has 0 bridgehead atoms. The van der Waals surface area contributed by atoms with Crippen molar-refractivity contribution in [3.63, 3.8) is 0 Å². The van der Waals surface area contributed by atoms with E-state index in [1.807, 2.05) is 6.92 Å². The Morgan fingerprint density at radius 1 is 1.71 bits per heavy atom. The van der Waals surface area contributed by atoms with Crippen molar-refractivity contribution >= 4 is 11.6 Å². The van der Waals surface area contributed by atoms with Crippen molar-refractivity contribution in [2.45, 2.75) is 13.8 Å². The van der Waals surface area contributed by atoms with Gasteiger partial charge < -0.3 is 10.6 Å². The van der Waals surface area contributed by atoms with Gasteiger partial charge in [-0.25, -0.2) is 0 Å². The number of hydrogen-bond acceptors (Lipinski definition) is 4. The van der Waals surface area contributed by atoms with Crippen LogP contribution in [0.1, 0.15) is 23.0 Å². The number of amides is 1. The first-order valence-corrected chi connectivity index (χ1v) is 5.33. The number of aromatic nitrogens is 1. The van der Waals surface area contributed by atoms with Crippen LogP contribution in [-0.4, -0.2) is 29.4 Å². The molecule has 0 spiro atoms. The smallest absolute Gasteiger partial charge is 0.257 e. The van der Waals surface area contributed by atoms with E-state index in [2.05, 4.69) is 11.1 Å². The molecule has 5 nitrogen and oxygen atoms in total. The maximum absolute atomic E-state index is 12.0. The average molecular weight is 232 g/mol. The van der Waals surface area contributed by atoms with E-state index < -0.39 is 0 Å². The predicted octanol–water partition coefficient (Wildman–Crippen LogP) is 1.20. The van der Waals surface area contributed by atoms with Crippen LogP contribution in [0.4, 0.5) is 5.69 Å². The number of anilines is 1. The molecule has 2 N–H and O–H groups in total. The number of carbonyl (C=O) groups is 1. The van der Waals surface area contributed by atoms with Gasteiger partial charge in [0.15, 0.2) is 0 Å². The third kappa shape index (κ3) is 3.18. The molecule has 1 aromatic heterocycles. The van der Waals surface area contributed by atoms with Gasteiger partial charge in [-0.05, 0) is 19.9 Å². The number of aryl methyl sites for hydroxylation is 1. The van der Waals surface area contributed by atoms with E-state index in [0.29, 0.717) is 17.8 Å². The van der Waals surface area contributed by atoms with Crippen molar-refractivity contribution in [1.82, 2.24) is 9.88 Å². The molecule has 17 heavy (non-hydrogen) atoms. The summed E-state index contributed by atoms with van der Waals surface area (Å²) in [6.45, 7) is 3.95. The molecule has 1 rings (SSSR count). The Hall–Kier alpha value is -2.09. The molecule has 1 aromatic rings. The van der Waals surface area contributed by atoms with Gasteiger partial charge in [-0.2, -0.15) is 5.26 Å². The first kappa shape index (κ1) is 13.0. The largest absolute Gasteiger partial charge is 0.398 e. The van der Waals surface area contributed by atoms with Crippen LogP contribution in [0.3, 0.4) is 0 Å². The van der Waals surface area contributed by atoms with Crippen molar-refractivity contribution in [2.75, 3.05) is 19.3 Å². The van der Waals surface area contributed by atoms with E-state index in [1.54, 1.807) is 20.0 Å². The molecule has 0 aliphatic heterocycles. The first-order chi connectivity index (χ1) is 7.95. The molecule has 0 radical (unpaired) electrons. The Morgan fingerprint density at radius 2 is 2.35 bits per heavy atom. The standard InChI is InChI=1S/C12H16N4O/c1-8(5-13)7-16(3)12(17)10-6-15-9(2)4-11(10)14/h4,6,8H,7H2,1-3H3,(H2,14,15). The molecule has 0 saturated carbocycles. The number of pyridine rings is 1. The summed E-state index contributed by atoms with van der Waals surface area (Å²) in [5.41, 5.74) is 7.34. The monoisotopic (exact) mass is 232 g/mol. The second kappa shape index (κ2) is 5.30. The fraction of sp³-hybridized carbons (Fsp3) is 0.417. The van der Waals surface area contributed by atoms with Crippen LogP contribution in [0, 0.1) is 24.2 Å². The maximum Gasteiger partial charge on any atom is 0.257 e. The maximum atomic E-state index is 12.0. The minimum absolute atomic E-state index is 0.205. The van der Waals surface area contributed by atoms with Gasteiger partial charge in [0.2, 0.25) is 0 Å². The van der Waals surface area contributed by atoms with Gasteiger partial charge in [0.05, 0.1) is 17.6 Å². The van der Waals surface area contributed by atoms with Crippen LogP contribution < -0.4 is 5.73 Å². The zero-order chi connectivity index (χ0) is 13.0. The van der Waals surface area contributed by atoms with Crippen molar-refractivity contribution < 1.29 is 4.79 Å². The molecular weight excluding hydrogens is 216 g/mol. The highest BCUT2D eigenvalue weighted by atomic mass is 16.2. The molecule has 0 fully saturated rings. The molecule has 1 heterocycles. The van der Waals surface area contributed by atoms with Crippen molar-refractivity contribution in [1.29, 1.82) is 5.26 Å². The summed E-state index contributed by atoms with van der Waals surface area (Å²) in [5.74, 6) is -0.416. The number of nitrogen functional groups attached to an aromatic ring is 1. The average Bonchev–Trinajstić information content (AvgIpc) is 2.28. The number of nitriles is 1. The lowest BCUT2D eigenvalue weighted by Gasteiger charge is -2.19. The van der Waals surface area contributed by atoms with Crippen LogP contribution >= 0.6 is 0 Å². The van der Waals surface area contributed by atoms with E-state index in [1.165, 1.54) is 11.1 Å². The fourth-order valence-electron chi connectivity index (χ4n) is 1.50. The molecule has 0 aliphatic carbocycles. The molecule has 0 aromatic carbocycles. The molecule has 5 heteroatoms. The molecular formula is C12H16N4O. The summed E-state index contributed by atoms with van der Waals surface area (Å²) in [5, 5.41) is 8.70. The lowest BCUT2D eigenvalue weighted by Crippen LogP contribution is -2.31. The molecule has 90 valence electrons. The molecule has 1 atom stereocenters. The highest BCUT2D eigenvalue weighted by Gasteiger charge is 2.17. The van der Waals surface area contributed by atoms with Crippen LogP contribution in [0.5, 0.6) is 0 Å². The van der Waals surface area contributed by atoms with E-state index in [-0.39, 0.29) is 11.8 Å². The zero-order valence-electron chi connectivity index (χ0n) is 10.3. The predicted molar refractivity (Wildman–Crippen MR) is 65.1 cm³/mol. The normalized spacial score (nSPS) is 11.6. The second-order valence-corrected chi connectivity index (χ2v) is 4.13. The number of hydrogen-bond donors (Lipinski definition) is 1. The fourth-order valence-corrected chi connectivity index (χ4v) is 1.50. The highest BCUT2D eigenvalue weighted by Crippen LogP contribution is 2.14. The third-order valence-electron chi connectivity index (χ3n) is 2.42. The van der Waals surface area contributed by atoms with Gasteiger partial charge in [-0.15, -0.1) is 0 Å². The number of nitrogens with zero attached hydrogens (tertiary/aromatic N) is 3. The number of rotatable bonds is 3. The first-order valence-electron chi connectivity index (χ1n) is 5.33. The topological polar surface area (TPSA) is 83.0 Å². The Bertz CT molecular complexity index is 464. The minimum atomic E-state index is -0.211. The molecule has 0 saturated heterocycles. The minimum Gasteiger partial charge on any atom is -0.398 e. The molecule has 0 aliphatic rings. The van der Waals surface area contributed by atoms with Gasteiger partial charge in [-0.1, -0.05) is 0 Å². The van der Waals surface area contributed by atoms with Gasteiger partial charge in [-0.3, -0.25) is 9.78 Å². The quantitative estimate of drug-likeness (QED) is 0.848. The summed E-state index contributed by atoms with van der Waals surface area (Å²) >= 11 is 0. The zero-order valence-corrected chi connectivity index (χ0v) is 10.3. The van der Waals surface area contributed by atoms with Crippen molar-refractivity contribution in [3.8, 4) is 6.07 Å². The lowest BCUT2D eigenvalue weighted by atomic mass is 10.1. The van der Waals surface area contributed by atoms with E-state index in [0.717, 1.165) is 5.69 Å². The summed E-state index contributed by atoms with van der Waals surface area (Å²) in [4.78, 5) is 17.6. The molecule has 1 unspecified atom stereocenters. The van der Waals surface area contributed by atoms with E-state index in [4.69, 9.17) is 11.0 Å². The third-order valence-corrected chi connectivity index (χ3v) is 2.42. The highest BCUT2D eigenvalue weighted by molar-refractivity contribution is 5.98. The second-order valence-electron chi connectivity index (χ2n) is 4.13. The van der Waals surface area contributed by atoms with Gasteiger partial charge in [0.1, 0.15) is 0 Å². The van der Waals surface area contributed by atoms with E-state index >= 15 is 0 Å². The molecule has 1 amide bonds. The van der Waals surface area contributed by atoms with Crippen LogP contribution in [0.25, 0.3) is 0 Å².